The fraction of sp³-hybridized carbons (Fsp3) is 0.316. The van der Waals surface area contributed by atoms with E-state index in [9.17, 15) is 13.6 Å². The Kier molecular flexibility index (Phi) is 5.73. The van der Waals surface area contributed by atoms with Gasteiger partial charge in [0.05, 0.1) is 19.3 Å². The number of hydrogen-bond donors (Lipinski definition) is 1. The van der Waals surface area contributed by atoms with Crippen LogP contribution in [0, 0.1) is 11.6 Å². The Hall–Kier alpha value is -2.31. The zero-order valence-electron chi connectivity index (χ0n) is 13.8. The Bertz CT molecular complexity index is 698. The molecule has 1 heterocycles. The molecule has 0 saturated carbocycles. The number of carbonyl (C=O) groups excluding carboxylic acids is 1. The fourth-order valence-corrected chi connectivity index (χ4v) is 3.01. The first-order chi connectivity index (χ1) is 12.2. The van der Waals surface area contributed by atoms with Crippen molar-refractivity contribution in [2.45, 2.75) is 6.04 Å². The van der Waals surface area contributed by atoms with E-state index in [2.05, 4.69) is 10.2 Å². The normalized spacial score (nSPS) is 16.4. The van der Waals surface area contributed by atoms with Crippen molar-refractivity contribution < 1.29 is 18.3 Å². The van der Waals surface area contributed by atoms with Crippen LogP contribution < -0.4 is 5.32 Å². The second kappa shape index (κ2) is 8.18. The zero-order chi connectivity index (χ0) is 17.6. The number of nitrogens with zero attached hydrogens (tertiary/aromatic N) is 1. The van der Waals surface area contributed by atoms with E-state index in [0.29, 0.717) is 13.2 Å². The van der Waals surface area contributed by atoms with Crippen LogP contribution in [0.3, 0.4) is 0 Å². The van der Waals surface area contributed by atoms with Crippen molar-refractivity contribution >= 4 is 5.91 Å². The van der Waals surface area contributed by atoms with E-state index in [1.807, 2.05) is 30.3 Å². The molecule has 6 heteroatoms. The molecule has 1 saturated heterocycles. The molecule has 0 bridgehead atoms. The summed E-state index contributed by atoms with van der Waals surface area (Å²) in [5.74, 6) is -2.47. The van der Waals surface area contributed by atoms with Gasteiger partial charge in [0.2, 0.25) is 0 Å². The summed E-state index contributed by atoms with van der Waals surface area (Å²) in [4.78, 5) is 14.5. The van der Waals surface area contributed by atoms with Crippen molar-refractivity contribution in [2.24, 2.45) is 0 Å². The lowest BCUT2D eigenvalue weighted by Crippen LogP contribution is -2.44. The first kappa shape index (κ1) is 17.5. The van der Waals surface area contributed by atoms with Crippen LogP contribution in [0.25, 0.3) is 0 Å². The molecule has 0 aliphatic carbocycles. The highest BCUT2D eigenvalue weighted by Gasteiger charge is 2.24. The molecule has 1 fully saturated rings. The summed E-state index contributed by atoms with van der Waals surface area (Å²) in [6.45, 7) is 2.99. The summed E-state index contributed by atoms with van der Waals surface area (Å²) in [6.07, 6.45) is 0. The minimum atomic E-state index is -0.861. The summed E-state index contributed by atoms with van der Waals surface area (Å²) >= 11 is 0. The third-order valence-electron chi connectivity index (χ3n) is 4.32. The minimum Gasteiger partial charge on any atom is -0.379 e. The Labute approximate surface area is 145 Å². The molecule has 25 heavy (non-hydrogen) atoms. The van der Waals surface area contributed by atoms with Crippen LogP contribution >= 0.6 is 0 Å². The van der Waals surface area contributed by atoms with Crippen molar-refractivity contribution in [3.8, 4) is 0 Å². The molecule has 1 aliphatic rings. The van der Waals surface area contributed by atoms with Gasteiger partial charge in [0.1, 0.15) is 17.2 Å². The van der Waals surface area contributed by atoms with Crippen LogP contribution in [0.4, 0.5) is 8.78 Å². The van der Waals surface area contributed by atoms with Gasteiger partial charge >= 0.3 is 0 Å². The topological polar surface area (TPSA) is 41.6 Å². The lowest BCUT2D eigenvalue weighted by atomic mass is 10.0. The van der Waals surface area contributed by atoms with Gasteiger partial charge in [-0.1, -0.05) is 36.4 Å². The molecular weight excluding hydrogens is 326 g/mol. The molecule has 0 spiro atoms. The second-order valence-corrected chi connectivity index (χ2v) is 5.88. The quantitative estimate of drug-likeness (QED) is 0.905. The summed E-state index contributed by atoms with van der Waals surface area (Å²) in [5, 5.41) is 2.68. The Balaban J connectivity index is 1.75. The number of hydrogen-bond acceptors (Lipinski definition) is 3. The number of amides is 1. The number of halogens is 2. The van der Waals surface area contributed by atoms with Crippen LogP contribution in [0.15, 0.2) is 48.5 Å². The maximum atomic E-state index is 13.8. The third kappa shape index (κ3) is 4.21. The van der Waals surface area contributed by atoms with Gasteiger partial charge in [0.25, 0.3) is 5.91 Å². The van der Waals surface area contributed by atoms with E-state index >= 15 is 0 Å². The van der Waals surface area contributed by atoms with Crippen molar-refractivity contribution in [2.75, 3.05) is 32.8 Å². The zero-order valence-corrected chi connectivity index (χ0v) is 13.8. The first-order valence-electron chi connectivity index (χ1n) is 8.26. The molecule has 1 atom stereocenters. The number of morpholine rings is 1. The van der Waals surface area contributed by atoms with Crippen molar-refractivity contribution in [3.05, 3.63) is 71.3 Å². The molecule has 132 valence electrons. The molecule has 1 aliphatic heterocycles. The van der Waals surface area contributed by atoms with Crippen LogP contribution in [0.1, 0.15) is 22.0 Å². The van der Waals surface area contributed by atoms with Gasteiger partial charge in [0, 0.05) is 19.6 Å². The smallest absolute Gasteiger partial charge is 0.257 e. The third-order valence-corrected chi connectivity index (χ3v) is 4.32. The number of carbonyl (C=O) groups is 1. The number of benzene rings is 2. The predicted molar refractivity (Wildman–Crippen MR) is 90.3 cm³/mol. The molecule has 2 aromatic rings. The van der Waals surface area contributed by atoms with E-state index in [1.165, 1.54) is 6.07 Å². The summed E-state index contributed by atoms with van der Waals surface area (Å²) in [6, 6.07) is 13.1. The Morgan fingerprint density at radius 2 is 1.68 bits per heavy atom. The Morgan fingerprint density at radius 3 is 2.32 bits per heavy atom. The lowest BCUT2D eigenvalue weighted by molar-refractivity contribution is 0.0162. The van der Waals surface area contributed by atoms with Gasteiger partial charge in [-0.15, -0.1) is 0 Å². The van der Waals surface area contributed by atoms with Crippen LogP contribution in [0.5, 0.6) is 0 Å². The van der Waals surface area contributed by atoms with Gasteiger partial charge in [-0.25, -0.2) is 8.78 Å². The molecule has 3 rings (SSSR count). The lowest BCUT2D eigenvalue weighted by Gasteiger charge is -2.35. The number of nitrogens with one attached hydrogen (secondary N) is 1. The minimum absolute atomic E-state index is 0.0797. The maximum Gasteiger partial charge on any atom is 0.257 e. The SMILES string of the molecule is O=C(NCC(c1ccccc1)N1CCOCC1)c1c(F)cccc1F. The number of rotatable bonds is 5. The van der Waals surface area contributed by atoms with E-state index in [0.717, 1.165) is 30.8 Å². The highest BCUT2D eigenvalue weighted by Crippen LogP contribution is 2.21. The van der Waals surface area contributed by atoms with Crippen molar-refractivity contribution in [1.29, 1.82) is 0 Å². The van der Waals surface area contributed by atoms with E-state index in [-0.39, 0.29) is 12.6 Å². The number of ether oxygens (including phenoxy) is 1. The Morgan fingerprint density at radius 1 is 1.04 bits per heavy atom. The van der Waals surface area contributed by atoms with Gasteiger partial charge < -0.3 is 10.1 Å². The summed E-state index contributed by atoms with van der Waals surface area (Å²) in [7, 11) is 0. The molecule has 1 amide bonds. The second-order valence-electron chi connectivity index (χ2n) is 5.88. The average molecular weight is 346 g/mol. The van der Waals surface area contributed by atoms with E-state index in [1.54, 1.807) is 0 Å². The van der Waals surface area contributed by atoms with Gasteiger partial charge in [0.15, 0.2) is 0 Å². The van der Waals surface area contributed by atoms with Gasteiger partial charge in [-0.05, 0) is 17.7 Å². The highest BCUT2D eigenvalue weighted by molar-refractivity contribution is 5.94. The fourth-order valence-electron chi connectivity index (χ4n) is 3.01. The van der Waals surface area contributed by atoms with Crippen LogP contribution in [-0.2, 0) is 4.74 Å². The first-order valence-corrected chi connectivity index (χ1v) is 8.26. The molecule has 0 radical (unpaired) electrons. The molecule has 1 unspecified atom stereocenters. The monoisotopic (exact) mass is 346 g/mol. The molecule has 4 nitrogen and oxygen atoms in total. The summed E-state index contributed by atoms with van der Waals surface area (Å²) in [5.41, 5.74) is 0.495. The van der Waals surface area contributed by atoms with Crippen molar-refractivity contribution in [3.63, 3.8) is 0 Å². The van der Waals surface area contributed by atoms with Crippen LogP contribution in [-0.4, -0.2) is 43.7 Å². The summed E-state index contributed by atoms with van der Waals surface area (Å²) < 4.78 is 32.9. The van der Waals surface area contributed by atoms with Gasteiger partial charge in [-0.3, -0.25) is 9.69 Å². The highest BCUT2D eigenvalue weighted by atomic mass is 19.1. The van der Waals surface area contributed by atoms with Crippen LogP contribution in [0.2, 0.25) is 0 Å². The van der Waals surface area contributed by atoms with Gasteiger partial charge in [-0.2, -0.15) is 0 Å². The molecular formula is C19H20F2N2O2. The standard InChI is InChI=1S/C19H20F2N2O2/c20-15-7-4-8-16(21)18(15)19(24)22-13-17(14-5-2-1-3-6-14)23-9-11-25-12-10-23/h1-8,17H,9-13H2,(H,22,24). The molecule has 0 aromatic heterocycles. The van der Waals surface area contributed by atoms with Crippen molar-refractivity contribution in [1.82, 2.24) is 10.2 Å². The predicted octanol–water partition coefficient (Wildman–Crippen LogP) is 2.77. The van der Waals surface area contributed by atoms with E-state index in [4.69, 9.17) is 4.74 Å². The van der Waals surface area contributed by atoms with E-state index < -0.39 is 23.1 Å². The molecule has 1 N–H and O–H groups in total. The average Bonchev–Trinajstić information content (AvgIpc) is 2.63. The largest absolute Gasteiger partial charge is 0.379 e. The molecule has 2 aromatic carbocycles. The maximum absolute atomic E-state index is 13.8.